The molecule has 2 heterocycles. The fraction of sp³-hybridized carbons (Fsp3) is 0.583. The zero-order valence-corrected chi connectivity index (χ0v) is 10.4. The maximum Gasteiger partial charge on any atom is 0.278 e. The number of aromatic nitrogens is 4. The molecule has 0 radical (unpaired) electrons. The molecule has 0 spiro atoms. The van der Waals surface area contributed by atoms with Crippen LogP contribution in [0, 0.1) is 11.8 Å². The molecular formula is C12H16N4O3. The van der Waals surface area contributed by atoms with Gasteiger partial charge in [0.1, 0.15) is 0 Å². The van der Waals surface area contributed by atoms with Crippen molar-refractivity contribution in [1.29, 1.82) is 0 Å². The highest BCUT2D eigenvalue weighted by Gasteiger charge is 2.35. The number of rotatable bonds is 3. The lowest BCUT2D eigenvalue weighted by atomic mass is 9.98. The minimum atomic E-state index is -0.251. The molecule has 7 heteroatoms. The fourth-order valence-corrected chi connectivity index (χ4v) is 2.98. The van der Waals surface area contributed by atoms with Crippen molar-refractivity contribution < 1.29 is 10.2 Å². The molecule has 3 rings (SSSR count). The van der Waals surface area contributed by atoms with Gasteiger partial charge in [0, 0.05) is 19.3 Å². The highest BCUT2D eigenvalue weighted by atomic mass is 16.3. The molecule has 1 aliphatic rings. The molecular weight excluding hydrogens is 248 g/mol. The minimum absolute atomic E-state index is 0.0718. The zero-order valence-electron chi connectivity index (χ0n) is 10.4. The molecule has 1 aliphatic carbocycles. The van der Waals surface area contributed by atoms with Crippen LogP contribution in [0.3, 0.4) is 0 Å². The summed E-state index contributed by atoms with van der Waals surface area (Å²) in [5, 5.41) is 18.7. The molecule has 7 nitrogen and oxygen atoms in total. The Hall–Kier alpha value is -1.73. The summed E-state index contributed by atoms with van der Waals surface area (Å²) in [6.45, 7) is 0.144. The Labute approximate surface area is 108 Å². The third kappa shape index (κ3) is 1.95. The van der Waals surface area contributed by atoms with Crippen LogP contribution in [0.5, 0.6) is 0 Å². The van der Waals surface area contributed by atoms with E-state index in [1.54, 1.807) is 6.33 Å². The summed E-state index contributed by atoms with van der Waals surface area (Å²) in [5.74, 6) is 0.184. The van der Waals surface area contributed by atoms with Crippen LogP contribution in [0.4, 0.5) is 0 Å². The van der Waals surface area contributed by atoms with Gasteiger partial charge in [0.15, 0.2) is 11.2 Å². The van der Waals surface area contributed by atoms with E-state index in [9.17, 15) is 15.0 Å². The number of aliphatic hydroxyl groups is 2. The summed E-state index contributed by atoms with van der Waals surface area (Å²) in [4.78, 5) is 22.4. The van der Waals surface area contributed by atoms with Crippen molar-refractivity contribution in [1.82, 2.24) is 19.5 Å². The third-order valence-electron chi connectivity index (χ3n) is 4.04. The van der Waals surface area contributed by atoms with Gasteiger partial charge in [-0.25, -0.2) is 9.97 Å². The highest BCUT2D eigenvalue weighted by Crippen LogP contribution is 2.39. The van der Waals surface area contributed by atoms with Crippen molar-refractivity contribution in [3.05, 3.63) is 23.0 Å². The van der Waals surface area contributed by atoms with E-state index in [-0.39, 0.29) is 36.7 Å². The van der Waals surface area contributed by atoms with Gasteiger partial charge in [-0.05, 0) is 24.7 Å². The molecule has 2 aromatic rings. The molecule has 102 valence electrons. The number of hydrogen-bond donors (Lipinski definition) is 3. The van der Waals surface area contributed by atoms with Crippen LogP contribution in [0.1, 0.15) is 18.9 Å². The van der Waals surface area contributed by atoms with E-state index in [1.807, 2.05) is 4.57 Å². The predicted octanol–water partition coefficient (Wildman–Crippen LogP) is -0.329. The summed E-state index contributed by atoms with van der Waals surface area (Å²) in [5.41, 5.74) is 0.638. The first-order chi connectivity index (χ1) is 9.24. The molecule has 1 saturated carbocycles. The Balaban J connectivity index is 1.98. The average molecular weight is 264 g/mol. The first-order valence-corrected chi connectivity index (χ1v) is 6.36. The lowest BCUT2D eigenvalue weighted by molar-refractivity contribution is 0.141. The van der Waals surface area contributed by atoms with Crippen molar-refractivity contribution in [3.8, 4) is 0 Å². The molecule has 0 aliphatic heterocycles. The smallest absolute Gasteiger partial charge is 0.278 e. The monoisotopic (exact) mass is 264 g/mol. The van der Waals surface area contributed by atoms with Gasteiger partial charge in [-0.2, -0.15) is 0 Å². The summed E-state index contributed by atoms with van der Waals surface area (Å²) in [6, 6.07) is 0.119. The summed E-state index contributed by atoms with van der Waals surface area (Å²) in [7, 11) is 0. The van der Waals surface area contributed by atoms with Crippen LogP contribution in [-0.2, 0) is 0 Å². The Kier molecular flexibility index (Phi) is 3.08. The number of nitrogens with zero attached hydrogens (tertiary/aromatic N) is 3. The van der Waals surface area contributed by atoms with Crippen molar-refractivity contribution >= 4 is 11.2 Å². The number of nitrogens with one attached hydrogen (secondary N) is 1. The van der Waals surface area contributed by atoms with Gasteiger partial charge < -0.3 is 19.8 Å². The first kappa shape index (κ1) is 12.3. The summed E-state index contributed by atoms with van der Waals surface area (Å²) < 4.78 is 1.88. The largest absolute Gasteiger partial charge is 0.396 e. The maximum absolute atomic E-state index is 11.6. The van der Waals surface area contributed by atoms with Crippen LogP contribution >= 0.6 is 0 Å². The highest BCUT2D eigenvalue weighted by molar-refractivity contribution is 5.68. The van der Waals surface area contributed by atoms with Gasteiger partial charge in [-0.1, -0.05) is 0 Å². The van der Waals surface area contributed by atoms with Crippen LogP contribution in [0.2, 0.25) is 0 Å². The topological polar surface area (TPSA) is 104 Å². The normalized spacial score (nSPS) is 24.3. The van der Waals surface area contributed by atoms with E-state index in [4.69, 9.17) is 0 Å². The van der Waals surface area contributed by atoms with Crippen LogP contribution < -0.4 is 5.56 Å². The molecule has 0 saturated heterocycles. The molecule has 0 bridgehead atoms. The predicted molar refractivity (Wildman–Crippen MR) is 67.6 cm³/mol. The number of aromatic amines is 1. The standard InChI is InChI=1S/C12H16N4O3/c17-3-7-1-9(2-8(7)4-18)16-6-15-10-11(16)13-5-14-12(10)19/h5-9,17-18H,1-4H2,(H,13,14,19)/t7-,8-/m1/s1. The molecule has 19 heavy (non-hydrogen) atoms. The second-order valence-electron chi connectivity index (χ2n) is 5.07. The second kappa shape index (κ2) is 4.75. The summed E-state index contributed by atoms with van der Waals surface area (Å²) >= 11 is 0. The van der Waals surface area contributed by atoms with Gasteiger partial charge in [0.05, 0.1) is 12.7 Å². The van der Waals surface area contributed by atoms with E-state index in [0.717, 1.165) is 12.8 Å². The van der Waals surface area contributed by atoms with Gasteiger partial charge in [0.2, 0.25) is 0 Å². The summed E-state index contributed by atoms with van der Waals surface area (Å²) in [6.07, 6.45) is 4.51. The van der Waals surface area contributed by atoms with E-state index in [1.165, 1.54) is 6.33 Å². The average Bonchev–Trinajstić information content (AvgIpc) is 3.02. The molecule has 0 aromatic carbocycles. The Bertz CT molecular complexity index is 623. The fourth-order valence-electron chi connectivity index (χ4n) is 2.98. The van der Waals surface area contributed by atoms with Gasteiger partial charge in [-0.3, -0.25) is 4.79 Å². The van der Waals surface area contributed by atoms with Crippen molar-refractivity contribution in [2.75, 3.05) is 13.2 Å². The minimum Gasteiger partial charge on any atom is -0.396 e. The van der Waals surface area contributed by atoms with E-state index in [0.29, 0.717) is 11.2 Å². The van der Waals surface area contributed by atoms with E-state index < -0.39 is 0 Å². The van der Waals surface area contributed by atoms with Crippen molar-refractivity contribution in [2.24, 2.45) is 11.8 Å². The van der Waals surface area contributed by atoms with Crippen molar-refractivity contribution in [2.45, 2.75) is 18.9 Å². The SMILES string of the molecule is O=c1[nH]cnc2c1ncn2C1C[C@H](CO)[C@@H](CO)C1. The molecule has 3 N–H and O–H groups in total. The molecule has 1 fully saturated rings. The van der Waals surface area contributed by atoms with Gasteiger partial charge in [0.25, 0.3) is 5.56 Å². The van der Waals surface area contributed by atoms with E-state index >= 15 is 0 Å². The third-order valence-corrected chi connectivity index (χ3v) is 4.04. The molecule has 2 atom stereocenters. The molecule has 2 aromatic heterocycles. The van der Waals surface area contributed by atoms with Gasteiger partial charge >= 0.3 is 0 Å². The van der Waals surface area contributed by atoms with Crippen molar-refractivity contribution in [3.63, 3.8) is 0 Å². The zero-order chi connectivity index (χ0) is 13.4. The second-order valence-corrected chi connectivity index (χ2v) is 5.07. The van der Waals surface area contributed by atoms with Crippen LogP contribution in [-0.4, -0.2) is 42.9 Å². The number of aliphatic hydroxyl groups excluding tert-OH is 2. The quantitative estimate of drug-likeness (QED) is 0.704. The Morgan fingerprint density at radius 3 is 2.58 bits per heavy atom. The molecule has 0 unspecified atom stereocenters. The maximum atomic E-state index is 11.6. The molecule has 0 amide bonds. The van der Waals surface area contributed by atoms with Gasteiger partial charge in [-0.15, -0.1) is 0 Å². The lowest BCUT2D eigenvalue weighted by Crippen LogP contribution is -2.15. The first-order valence-electron chi connectivity index (χ1n) is 6.36. The Morgan fingerprint density at radius 1 is 1.26 bits per heavy atom. The number of hydrogen-bond acceptors (Lipinski definition) is 5. The van der Waals surface area contributed by atoms with E-state index in [2.05, 4.69) is 15.0 Å². The number of imidazole rings is 1. The van der Waals surface area contributed by atoms with Crippen LogP contribution in [0.15, 0.2) is 17.4 Å². The lowest BCUT2D eigenvalue weighted by Gasteiger charge is -2.12. The van der Waals surface area contributed by atoms with Crippen LogP contribution in [0.25, 0.3) is 11.2 Å². The number of H-pyrrole nitrogens is 1. The number of fused-ring (bicyclic) bond motifs is 1. The Morgan fingerprint density at radius 2 is 1.95 bits per heavy atom.